The standard InChI is InChI=1S/C15H11BrN2O/c16-15-12-4-2-1-3-10(12)5-6-13(15)19-14-9-11(17)7-8-18-14/h1-9H,(H2,17,18). The number of hydrogen-bond acceptors (Lipinski definition) is 3. The van der Waals surface area contributed by atoms with E-state index in [-0.39, 0.29) is 0 Å². The quantitative estimate of drug-likeness (QED) is 0.764. The molecule has 0 fully saturated rings. The number of fused-ring (bicyclic) bond motifs is 1. The van der Waals surface area contributed by atoms with Crippen LogP contribution in [0.25, 0.3) is 10.8 Å². The minimum Gasteiger partial charge on any atom is -0.438 e. The monoisotopic (exact) mass is 314 g/mol. The first-order valence-corrected chi connectivity index (χ1v) is 6.60. The van der Waals surface area contributed by atoms with Crippen LogP contribution in [-0.2, 0) is 0 Å². The molecule has 94 valence electrons. The molecule has 3 rings (SSSR count). The third-order valence-corrected chi connectivity index (χ3v) is 3.62. The van der Waals surface area contributed by atoms with Crippen molar-refractivity contribution in [3.05, 3.63) is 59.2 Å². The zero-order valence-corrected chi connectivity index (χ0v) is 11.6. The zero-order valence-electron chi connectivity index (χ0n) is 10.0. The maximum Gasteiger partial charge on any atom is 0.221 e. The van der Waals surface area contributed by atoms with Gasteiger partial charge in [-0.15, -0.1) is 0 Å². The molecule has 0 aliphatic heterocycles. The number of ether oxygens (including phenoxy) is 1. The van der Waals surface area contributed by atoms with Crippen molar-refractivity contribution in [2.45, 2.75) is 0 Å². The van der Waals surface area contributed by atoms with Crippen molar-refractivity contribution in [1.29, 1.82) is 0 Å². The highest BCUT2D eigenvalue weighted by atomic mass is 79.9. The van der Waals surface area contributed by atoms with Gasteiger partial charge >= 0.3 is 0 Å². The van der Waals surface area contributed by atoms with Crippen molar-refractivity contribution in [2.75, 3.05) is 5.73 Å². The Labute approximate surface area is 119 Å². The minimum atomic E-state index is 0.482. The van der Waals surface area contributed by atoms with E-state index in [1.54, 1.807) is 18.3 Å². The summed E-state index contributed by atoms with van der Waals surface area (Å²) in [5.41, 5.74) is 6.34. The smallest absolute Gasteiger partial charge is 0.221 e. The predicted octanol–water partition coefficient (Wildman–Crippen LogP) is 4.37. The molecule has 0 aliphatic carbocycles. The van der Waals surface area contributed by atoms with Crippen LogP contribution >= 0.6 is 15.9 Å². The number of nitrogens with two attached hydrogens (primary N) is 1. The summed E-state index contributed by atoms with van der Waals surface area (Å²) < 4.78 is 6.67. The van der Waals surface area contributed by atoms with Crippen molar-refractivity contribution < 1.29 is 4.74 Å². The molecule has 4 heteroatoms. The topological polar surface area (TPSA) is 48.1 Å². The fourth-order valence-electron chi connectivity index (χ4n) is 1.89. The average molecular weight is 315 g/mol. The first-order valence-electron chi connectivity index (χ1n) is 5.81. The van der Waals surface area contributed by atoms with Crippen molar-refractivity contribution in [3.8, 4) is 11.6 Å². The lowest BCUT2D eigenvalue weighted by Gasteiger charge is -2.09. The molecule has 1 aromatic heterocycles. The molecule has 2 N–H and O–H groups in total. The number of hydrogen-bond donors (Lipinski definition) is 1. The van der Waals surface area contributed by atoms with E-state index in [9.17, 15) is 0 Å². The van der Waals surface area contributed by atoms with E-state index in [4.69, 9.17) is 10.5 Å². The van der Waals surface area contributed by atoms with Gasteiger partial charge in [0.2, 0.25) is 5.88 Å². The predicted molar refractivity (Wildman–Crippen MR) is 80.4 cm³/mol. The molecule has 3 nitrogen and oxygen atoms in total. The fourth-order valence-corrected chi connectivity index (χ4v) is 2.46. The molecular weight excluding hydrogens is 304 g/mol. The number of halogens is 1. The average Bonchev–Trinajstić information content (AvgIpc) is 2.42. The van der Waals surface area contributed by atoms with Gasteiger partial charge in [0.25, 0.3) is 0 Å². The molecule has 19 heavy (non-hydrogen) atoms. The van der Waals surface area contributed by atoms with E-state index < -0.39 is 0 Å². The Morgan fingerprint density at radius 2 is 1.89 bits per heavy atom. The van der Waals surface area contributed by atoms with Crippen LogP contribution in [0.4, 0.5) is 5.69 Å². The van der Waals surface area contributed by atoms with Gasteiger partial charge in [-0.05, 0) is 38.8 Å². The highest BCUT2D eigenvalue weighted by Gasteiger charge is 2.07. The van der Waals surface area contributed by atoms with Gasteiger partial charge in [-0.3, -0.25) is 0 Å². The largest absolute Gasteiger partial charge is 0.438 e. The molecule has 0 amide bonds. The second kappa shape index (κ2) is 4.90. The van der Waals surface area contributed by atoms with Crippen LogP contribution < -0.4 is 10.5 Å². The Bertz CT molecular complexity index is 743. The molecule has 3 aromatic rings. The normalized spacial score (nSPS) is 10.6. The fraction of sp³-hybridized carbons (Fsp3) is 0. The maximum absolute atomic E-state index is 5.76. The lowest BCUT2D eigenvalue weighted by Crippen LogP contribution is -1.91. The molecule has 0 aliphatic rings. The van der Waals surface area contributed by atoms with Crippen molar-refractivity contribution in [3.63, 3.8) is 0 Å². The lowest BCUT2D eigenvalue weighted by molar-refractivity contribution is 0.461. The number of nitrogens with zero attached hydrogens (tertiary/aromatic N) is 1. The Hall–Kier alpha value is -2.07. The molecule has 0 bridgehead atoms. The molecule has 0 radical (unpaired) electrons. The van der Waals surface area contributed by atoms with Crippen molar-refractivity contribution in [2.24, 2.45) is 0 Å². The highest BCUT2D eigenvalue weighted by molar-refractivity contribution is 9.10. The van der Waals surface area contributed by atoms with Crippen molar-refractivity contribution >= 4 is 32.4 Å². The van der Waals surface area contributed by atoms with E-state index in [1.165, 1.54) is 0 Å². The van der Waals surface area contributed by atoms with Crippen LogP contribution in [0.3, 0.4) is 0 Å². The van der Waals surface area contributed by atoms with Gasteiger partial charge < -0.3 is 10.5 Å². The van der Waals surface area contributed by atoms with E-state index in [2.05, 4.69) is 27.0 Å². The summed E-state index contributed by atoms with van der Waals surface area (Å²) in [5, 5.41) is 2.26. The molecular formula is C15H11BrN2O. The number of benzene rings is 2. The third kappa shape index (κ3) is 2.39. The summed E-state index contributed by atoms with van der Waals surface area (Å²) in [6.45, 7) is 0. The summed E-state index contributed by atoms with van der Waals surface area (Å²) >= 11 is 3.57. The summed E-state index contributed by atoms with van der Waals surface area (Å²) in [4.78, 5) is 4.13. The van der Waals surface area contributed by atoms with E-state index >= 15 is 0 Å². The number of pyridine rings is 1. The molecule has 0 atom stereocenters. The van der Waals surface area contributed by atoms with Crippen LogP contribution in [0.1, 0.15) is 0 Å². The van der Waals surface area contributed by atoms with Crippen LogP contribution in [0, 0.1) is 0 Å². The van der Waals surface area contributed by atoms with E-state index in [1.807, 2.05) is 30.3 Å². The molecule has 2 aromatic carbocycles. The lowest BCUT2D eigenvalue weighted by atomic mass is 10.1. The Morgan fingerprint density at radius 1 is 1.05 bits per heavy atom. The number of anilines is 1. The highest BCUT2D eigenvalue weighted by Crippen LogP contribution is 2.35. The van der Waals surface area contributed by atoms with Crippen LogP contribution in [0.2, 0.25) is 0 Å². The van der Waals surface area contributed by atoms with Crippen LogP contribution in [-0.4, -0.2) is 4.98 Å². The maximum atomic E-state index is 5.76. The number of aromatic nitrogens is 1. The second-order valence-corrected chi connectivity index (χ2v) is 4.92. The summed E-state index contributed by atoms with van der Waals surface area (Å²) in [6, 6.07) is 15.5. The summed E-state index contributed by atoms with van der Waals surface area (Å²) in [5.74, 6) is 1.20. The summed E-state index contributed by atoms with van der Waals surface area (Å²) in [7, 11) is 0. The van der Waals surface area contributed by atoms with Gasteiger partial charge in [0.15, 0.2) is 0 Å². The van der Waals surface area contributed by atoms with Gasteiger partial charge in [-0.2, -0.15) is 0 Å². The van der Waals surface area contributed by atoms with Crippen molar-refractivity contribution in [1.82, 2.24) is 4.98 Å². The van der Waals surface area contributed by atoms with Gasteiger partial charge in [0.1, 0.15) is 5.75 Å². The number of nitrogen functional groups attached to an aromatic ring is 1. The Balaban J connectivity index is 2.04. The minimum absolute atomic E-state index is 0.482. The summed E-state index contributed by atoms with van der Waals surface area (Å²) in [6.07, 6.45) is 1.62. The third-order valence-electron chi connectivity index (χ3n) is 2.80. The number of rotatable bonds is 2. The molecule has 0 unspecified atom stereocenters. The van der Waals surface area contributed by atoms with Gasteiger partial charge in [-0.1, -0.05) is 30.3 Å². The zero-order chi connectivity index (χ0) is 13.2. The van der Waals surface area contributed by atoms with Gasteiger partial charge in [-0.25, -0.2) is 4.98 Å². The van der Waals surface area contributed by atoms with Crippen LogP contribution in [0.5, 0.6) is 11.6 Å². The Kier molecular flexibility index (Phi) is 3.09. The first kappa shape index (κ1) is 12.0. The first-order chi connectivity index (χ1) is 9.24. The molecule has 1 heterocycles. The molecule has 0 saturated carbocycles. The second-order valence-electron chi connectivity index (χ2n) is 4.13. The Morgan fingerprint density at radius 3 is 2.74 bits per heavy atom. The van der Waals surface area contributed by atoms with E-state index in [0.717, 1.165) is 21.0 Å². The molecule has 0 saturated heterocycles. The van der Waals surface area contributed by atoms with E-state index in [0.29, 0.717) is 11.6 Å². The van der Waals surface area contributed by atoms with Gasteiger partial charge in [0, 0.05) is 18.0 Å². The van der Waals surface area contributed by atoms with Gasteiger partial charge in [0.05, 0.1) is 4.47 Å². The SMILES string of the molecule is Nc1ccnc(Oc2ccc3ccccc3c2Br)c1. The van der Waals surface area contributed by atoms with Crippen LogP contribution in [0.15, 0.2) is 59.2 Å². The molecule has 0 spiro atoms.